The highest BCUT2D eigenvalue weighted by Gasteiger charge is 2.39. The number of hydrogen-bond acceptors (Lipinski definition) is 1. The smallest absolute Gasteiger partial charge is 0.0545 e. The van der Waals surface area contributed by atoms with Gasteiger partial charge in [-0.05, 0) is 116 Å². The minimum Gasteiger partial charge on any atom is -0.314 e. The molecule has 2 heterocycles. The van der Waals surface area contributed by atoms with Gasteiger partial charge in [-0.2, -0.15) is 0 Å². The Kier molecular flexibility index (Phi) is 6.46. The van der Waals surface area contributed by atoms with Crippen LogP contribution < -0.4 is 4.90 Å². The van der Waals surface area contributed by atoms with Crippen LogP contribution in [-0.4, -0.2) is 4.57 Å². The second kappa shape index (κ2) is 11.3. The molecule has 1 aromatic heterocycles. The third-order valence-electron chi connectivity index (χ3n) is 12.0. The molecule has 1 aliphatic carbocycles. The molecule has 0 unspecified atom stereocenters. The van der Waals surface area contributed by atoms with Crippen molar-refractivity contribution in [2.24, 2.45) is 0 Å². The summed E-state index contributed by atoms with van der Waals surface area (Å²) < 4.78 is 2.49. The molecule has 0 amide bonds. The van der Waals surface area contributed by atoms with Gasteiger partial charge in [-0.3, -0.25) is 0 Å². The van der Waals surface area contributed by atoms with Crippen molar-refractivity contribution in [3.8, 4) is 16.8 Å². The zero-order valence-corrected chi connectivity index (χ0v) is 30.0. The molecule has 0 saturated heterocycles. The van der Waals surface area contributed by atoms with Crippen molar-refractivity contribution < 1.29 is 0 Å². The highest BCUT2D eigenvalue weighted by Crippen LogP contribution is 2.53. The zero-order valence-electron chi connectivity index (χ0n) is 30.0. The first-order valence-electron chi connectivity index (χ1n) is 18.8. The van der Waals surface area contributed by atoms with Crippen LogP contribution >= 0.6 is 0 Å². The Bertz CT molecular complexity index is 2990. The van der Waals surface area contributed by atoms with Gasteiger partial charge in [0.1, 0.15) is 0 Å². The van der Waals surface area contributed by atoms with Crippen molar-refractivity contribution in [1.29, 1.82) is 0 Å². The first kappa shape index (κ1) is 30.3. The standard InChI is InChI=1S/C51H38N2/c1-51(2)45-24-11-13-26-48(45)52(35-16-4-3-5-17-35)50-31-44-42-23-10-12-25-47(42)53(49(44)32-46(50)51)36-18-14-15-33(29-36)34-27-28-41-39-21-7-6-19-37(39)38-20-8-9-22-40(38)43(41)30-34/h3-12,14-25,27-32H,13,26H2,1-2H3. The molecule has 2 nitrogen and oxygen atoms in total. The van der Waals surface area contributed by atoms with Gasteiger partial charge >= 0.3 is 0 Å². The summed E-state index contributed by atoms with van der Waals surface area (Å²) in [6.45, 7) is 4.82. The molecule has 0 fully saturated rings. The Hall–Kier alpha value is -6.38. The number of anilines is 2. The van der Waals surface area contributed by atoms with E-state index in [4.69, 9.17) is 0 Å². The molecular formula is C51H38N2. The van der Waals surface area contributed by atoms with E-state index < -0.39 is 0 Å². The first-order valence-corrected chi connectivity index (χ1v) is 18.8. The van der Waals surface area contributed by atoms with Gasteiger partial charge in [-0.15, -0.1) is 0 Å². The van der Waals surface area contributed by atoms with Gasteiger partial charge in [0.05, 0.1) is 16.7 Å². The highest BCUT2D eigenvalue weighted by atomic mass is 15.2. The monoisotopic (exact) mass is 678 g/mol. The third kappa shape index (κ3) is 4.39. The molecule has 11 rings (SSSR count). The molecule has 0 spiro atoms. The van der Waals surface area contributed by atoms with E-state index in [1.54, 1.807) is 0 Å². The second-order valence-electron chi connectivity index (χ2n) is 15.2. The van der Waals surface area contributed by atoms with Gasteiger partial charge in [0, 0.05) is 33.3 Å². The van der Waals surface area contributed by atoms with E-state index in [1.807, 2.05) is 0 Å². The average molecular weight is 679 g/mol. The van der Waals surface area contributed by atoms with Gasteiger partial charge in [0.15, 0.2) is 0 Å². The maximum absolute atomic E-state index is 2.54. The topological polar surface area (TPSA) is 8.17 Å². The van der Waals surface area contributed by atoms with E-state index in [0.717, 1.165) is 12.8 Å². The molecule has 53 heavy (non-hydrogen) atoms. The number of hydrogen-bond donors (Lipinski definition) is 0. The maximum Gasteiger partial charge on any atom is 0.0545 e. The fourth-order valence-corrected chi connectivity index (χ4v) is 9.50. The van der Waals surface area contributed by atoms with E-state index in [9.17, 15) is 0 Å². The molecule has 2 heteroatoms. The Balaban J connectivity index is 1.13. The van der Waals surface area contributed by atoms with Crippen molar-refractivity contribution >= 4 is 65.5 Å². The number of fused-ring (bicyclic) bond motifs is 10. The molecule has 0 radical (unpaired) electrons. The predicted molar refractivity (Wildman–Crippen MR) is 226 cm³/mol. The lowest BCUT2D eigenvalue weighted by molar-refractivity contribution is 0.604. The number of aromatic nitrogens is 1. The molecule has 0 atom stereocenters. The van der Waals surface area contributed by atoms with Crippen LogP contribution in [-0.2, 0) is 5.41 Å². The van der Waals surface area contributed by atoms with Crippen LogP contribution in [0.5, 0.6) is 0 Å². The number of nitrogens with zero attached hydrogens (tertiary/aromatic N) is 2. The van der Waals surface area contributed by atoms with E-state index in [1.165, 1.54) is 99.1 Å². The fourth-order valence-electron chi connectivity index (χ4n) is 9.50. The van der Waals surface area contributed by atoms with Crippen LogP contribution in [0.3, 0.4) is 0 Å². The number of rotatable bonds is 3. The van der Waals surface area contributed by atoms with Gasteiger partial charge in [-0.25, -0.2) is 0 Å². The Morgan fingerprint density at radius 2 is 1.09 bits per heavy atom. The van der Waals surface area contributed by atoms with Crippen molar-refractivity contribution in [3.63, 3.8) is 0 Å². The first-order chi connectivity index (χ1) is 26.1. The van der Waals surface area contributed by atoms with Crippen LogP contribution in [0.25, 0.3) is 70.9 Å². The Labute approximate surface area is 309 Å². The van der Waals surface area contributed by atoms with Gasteiger partial charge in [0.2, 0.25) is 0 Å². The molecule has 0 N–H and O–H groups in total. The SMILES string of the molecule is CC1(C)C2=C(CCC=C2)N(c2ccccc2)c2cc3c4ccccc4n(-c4cccc(-c5ccc6c7ccccc7c7ccccc7c6c5)c4)c3cc21. The summed E-state index contributed by atoms with van der Waals surface area (Å²) in [6, 6.07) is 58.6. The van der Waals surface area contributed by atoms with Crippen molar-refractivity contribution in [2.75, 3.05) is 4.90 Å². The zero-order chi connectivity index (χ0) is 35.3. The summed E-state index contributed by atoms with van der Waals surface area (Å²) in [5.74, 6) is 0. The lowest BCUT2D eigenvalue weighted by atomic mass is 9.71. The Morgan fingerprint density at radius 3 is 1.85 bits per heavy atom. The van der Waals surface area contributed by atoms with Crippen LogP contribution in [0.4, 0.5) is 11.4 Å². The molecule has 9 aromatic rings. The normalized spacial score (nSPS) is 15.2. The summed E-state index contributed by atoms with van der Waals surface area (Å²) in [5.41, 5.74) is 12.6. The third-order valence-corrected chi connectivity index (χ3v) is 12.0. The second-order valence-corrected chi connectivity index (χ2v) is 15.2. The predicted octanol–water partition coefficient (Wildman–Crippen LogP) is 13.9. The van der Waals surface area contributed by atoms with Gasteiger partial charge in [0.25, 0.3) is 0 Å². The van der Waals surface area contributed by atoms with Crippen LogP contribution in [0.2, 0.25) is 0 Å². The Morgan fingerprint density at radius 1 is 0.472 bits per heavy atom. The van der Waals surface area contributed by atoms with Gasteiger partial charge < -0.3 is 9.47 Å². The van der Waals surface area contributed by atoms with E-state index in [2.05, 4.69) is 193 Å². The molecule has 2 aliphatic rings. The highest BCUT2D eigenvalue weighted by molar-refractivity contribution is 6.25. The molecular weight excluding hydrogens is 641 g/mol. The minimum atomic E-state index is -0.151. The number of para-hydroxylation sites is 2. The summed E-state index contributed by atoms with van der Waals surface area (Å²) in [7, 11) is 0. The number of allylic oxidation sites excluding steroid dienone is 4. The van der Waals surface area contributed by atoms with Crippen LogP contribution in [0.1, 0.15) is 32.3 Å². The molecule has 0 saturated carbocycles. The summed E-state index contributed by atoms with van der Waals surface area (Å²) in [4.78, 5) is 2.54. The maximum atomic E-state index is 2.54. The van der Waals surface area contributed by atoms with Crippen molar-refractivity contribution in [3.05, 3.63) is 187 Å². The largest absolute Gasteiger partial charge is 0.314 e. The minimum absolute atomic E-state index is 0.151. The van der Waals surface area contributed by atoms with Crippen molar-refractivity contribution in [2.45, 2.75) is 32.1 Å². The lowest BCUT2D eigenvalue weighted by Gasteiger charge is -2.44. The molecule has 0 bridgehead atoms. The fraction of sp³-hybridized carbons (Fsp3) is 0.0980. The number of benzene rings is 8. The van der Waals surface area contributed by atoms with E-state index in [0.29, 0.717) is 0 Å². The van der Waals surface area contributed by atoms with Crippen LogP contribution in [0.15, 0.2) is 181 Å². The average Bonchev–Trinajstić information content (AvgIpc) is 3.54. The van der Waals surface area contributed by atoms with Crippen molar-refractivity contribution in [1.82, 2.24) is 4.57 Å². The van der Waals surface area contributed by atoms with E-state index >= 15 is 0 Å². The summed E-state index contributed by atoms with van der Waals surface area (Å²) >= 11 is 0. The summed E-state index contributed by atoms with van der Waals surface area (Å²) in [5, 5.41) is 10.3. The lowest BCUT2D eigenvalue weighted by Crippen LogP contribution is -2.34. The van der Waals surface area contributed by atoms with Crippen LogP contribution in [0, 0.1) is 0 Å². The molecule has 252 valence electrons. The quantitative estimate of drug-likeness (QED) is 0.169. The molecule has 8 aromatic carbocycles. The van der Waals surface area contributed by atoms with E-state index in [-0.39, 0.29) is 5.41 Å². The van der Waals surface area contributed by atoms with Gasteiger partial charge in [-0.1, -0.05) is 135 Å². The summed E-state index contributed by atoms with van der Waals surface area (Å²) in [6.07, 6.45) is 6.84. The molecule has 1 aliphatic heterocycles.